The summed E-state index contributed by atoms with van der Waals surface area (Å²) in [7, 11) is -5.48. The van der Waals surface area contributed by atoms with Crippen LogP contribution in [0.4, 0.5) is 12.3 Å². The van der Waals surface area contributed by atoms with E-state index < -0.39 is 14.3 Å². The van der Waals surface area contributed by atoms with Gasteiger partial charge in [0.2, 0.25) is 0 Å². The Balaban J connectivity index is -0.000000194. The summed E-state index contributed by atoms with van der Waals surface area (Å²) in [5.74, 6) is 0. The van der Waals surface area contributed by atoms with Gasteiger partial charge in [-0.05, 0) is 0 Å². The Kier molecular flexibility index (Phi) is 19.6. The third-order valence-electron chi connectivity index (χ3n) is 3.00. The van der Waals surface area contributed by atoms with Gasteiger partial charge in [-0.25, -0.2) is 24.5 Å². The van der Waals surface area contributed by atoms with E-state index in [0.717, 1.165) is 12.1 Å². The minimum absolute atomic E-state index is 0. The maximum atomic E-state index is 11.8. The molecular formula is C29H58F3N3SiZr. The summed E-state index contributed by atoms with van der Waals surface area (Å²) in [6.07, 6.45) is 0. The minimum Gasteiger partial charge on any atom is -0.653 e. The Hall–Kier alpha value is 0.120. The SMILES string of the molecule is CC(C)(C)[N-]C(C)(C)C.CC(C)(C)[N-]C(C)(C)C.CC(C)(C)[N-]C(C)(C)C.F[Si](F)(F)[c-]1cccc1.[Zr+4]. The molecule has 37 heavy (non-hydrogen) atoms. The van der Waals surface area contributed by atoms with Crippen molar-refractivity contribution in [1.29, 1.82) is 0 Å². The molecule has 8 heteroatoms. The Morgan fingerprint density at radius 1 is 0.432 bits per heavy atom. The zero-order valence-corrected chi connectivity index (χ0v) is 30.7. The van der Waals surface area contributed by atoms with Crippen LogP contribution in [0.1, 0.15) is 125 Å². The zero-order valence-electron chi connectivity index (χ0n) is 27.3. The quantitative estimate of drug-likeness (QED) is 0.169. The normalized spacial score (nSPS) is 13.1. The van der Waals surface area contributed by atoms with E-state index in [1.165, 1.54) is 12.1 Å². The minimum atomic E-state index is -5.48. The summed E-state index contributed by atoms with van der Waals surface area (Å²) in [5, 5.41) is 13.2. The van der Waals surface area contributed by atoms with Crippen LogP contribution in [0.5, 0.6) is 0 Å². The third-order valence-corrected chi connectivity index (χ3v) is 3.99. The van der Waals surface area contributed by atoms with Crippen molar-refractivity contribution in [2.24, 2.45) is 0 Å². The zero-order chi connectivity index (χ0) is 30.0. The first-order valence-electron chi connectivity index (χ1n) is 12.7. The third kappa shape index (κ3) is 43.4. The molecule has 0 radical (unpaired) electrons. The molecule has 0 aliphatic carbocycles. The first-order valence-corrected chi connectivity index (χ1v) is 14.4. The molecule has 0 spiro atoms. The summed E-state index contributed by atoms with van der Waals surface area (Å²) in [5.41, 5.74) is 0.656. The average Bonchev–Trinajstić information content (AvgIpc) is 2.89. The average molecular weight is 625 g/mol. The Morgan fingerprint density at radius 2 is 0.595 bits per heavy atom. The van der Waals surface area contributed by atoms with Crippen LogP contribution in [-0.4, -0.2) is 42.3 Å². The number of hydrogen-bond donors (Lipinski definition) is 0. The van der Waals surface area contributed by atoms with E-state index in [4.69, 9.17) is 0 Å². The van der Waals surface area contributed by atoms with Crippen molar-refractivity contribution in [3.8, 4) is 0 Å². The Morgan fingerprint density at radius 3 is 0.649 bits per heavy atom. The summed E-state index contributed by atoms with van der Waals surface area (Å²) in [6.45, 7) is 38.2. The second-order valence-corrected chi connectivity index (χ2v) is 16.6. The topological polar surface area (TPSA) is 42.3 Å². The standard InChI is InChI=1S/3C8H18N.C5H4F3Si.Zr/c3*1-7(2,3)9-8(4,5)6;6-9(7,8)5-3-1-2-4-5;/h3*1-6H3;1-4H;/q4*-1;+4. The van der Waals surface area contributed by atoms with Gasteiger partial charge in [0.25, 0.3) is 0 Å². The van der Waals surface area contributed by atoms with Gasteiger partial charge in [0.1, 0.15) is 0 Å². The molecule has 218 valence electrons. The Bertz CT molecular complexity index is 578. The summed E-state index contributed by atoms with van der Waals surface area (Å²) in [4.78, 5) is 0. The number of nitrogens with zero attached hydrogens (tertiary/aromatic N) is 3. The molecule has 0 atom stereocenters. The van der Waals surface area contributed by atoms with Gasteiger partial charge in [-0.1, -0.05) is 130 Å². The van der Waals surface area contributed by atoms with Crippen LogP contribution in [0.2, 0.25) is 0 Å². The van der Waals surface area contributed by atoms with Crippen molar-refractivity contribution in [3.63, 3.8) is 0 Å². The van der Waals surface area contributed by atoms with Gasteiger partial charge in [-0.15, -0.1) is 33.2 Å². The molecule has 1 aromatic rings. The fraction of sp³-hybridized carbons (Fsp3) is 0.828. The van der Waals surface area contributed by atoms with Gasteiger partial charge in [0.05, 0.1) is 0 Å². The molecule has 1 rings (SSSR count). The molecule has 0 saturated heterocycles. The molecular weight excluding hydrogens is 567 g/mol. The van der Waals surface area contributed by atoms with E-state index in [1.54, 1.807) is 0 Å². The van der Waals surface area contributed by atoms with Crippen LogP contribution in [-0.2, 0) is 26.2 Å². The number of halogens is 3. The van der Waals surface area contributed by atoms with E-state index in [0.29, 0.717) is 0 Å². The predicted octanol–water partition coefficient (Wildman–Crippen LogP) is 10.3. The molecule has 0 unspecified atom stereocenters. The van der Waals surface area contributed by atoms with Crippen molar-refractivity contribution in [2.75, 3.05) is 0 Å². The fourth-order valence-electron chi connectivity index (χ4n) is 3.58. The van der Waals surface area contributed by atoms with Gasteiger partial charge in [0.15, 0.2) is 0 Å². The number of rotatable bonds is 1. The second-order valence-electron chi connectivity index (χ2n) is 15.0. The first kappa shape index (κ1) is 44.1. The molecule has 0 fully saturated rings. The molecule has 0 aromatic heterocycles. The maximum Gasteiger partial charge on any atom is 4.00 e. The van der Waals surface area contributed by atoms with Crippen LogP contribution in [0.3, 0.4) is 0 Å². The van der Waals surface area contributed by atoms with Crippen LogP contribution < -0.4 is 5.19 Å². The van der Waals surface area contributed by atoms with Gasteiger partial charge in [-0.3, -0.25) is 0 Å². The van der Waals surface area contributed by atoms with Crippen molar-refractivity contribution in [1.82, 2.24) is 0 Å². The van der Waals surface area contributed by atoms with Crippen molar-refractivity contribution < 1.29 is 38.5 Å². The molecule has 1 aromatic carbocycles. The smallest absolute Gasteiger partial charge is 0.653 e. The molecule has 0 bridgehead atoms. The van der Waals surface area contributed by atoms with E-state index in [1.807, 2.05) is 0 Å². The Labute approximate surface area is 249 Å². The van der Waals surface area contributed by atoms with Crippen molar-refractivity contribution in [3.05, 3.63) is 40.2 Å². The van der Waals surface area contributed by atoms with Gasteiger partial charge >= 0.3 is 35.3 Å². The molecule has 3 nitrogen and oxygen atoms in total. The predicted molar refractivity (Wildman–Crippen MR) is 159 cm³/mol. The van der Waals surface area contributed by atoms with Crippen LogP contribution in [0.15, 0.2) is 24.3 Å². The molecule has 0 amide bonds. The summed E-state index contributed by atoms with van der Waals surface area (Å²) >= 11 is 0. The van der Waals surface area contributed by atoms with Gasteiger partial charge in [0, 0.05) is 0 Å². The van der Waals surface area contributed by atoms with Gasteiger partial charge < -0.3 is 16.0 Å². The van der Waals surface area contributed by atoms with Crippen molar-refractivity contribution >= 4 is 14.3 Å². The van der Waals surface area contributed by atoms with Crippen LogP contribution >= 0.6 is 0 Å². The molecule has 0 heterocycles. The molecule has 0 aliphatic heterocycles. The number of hydrogen-bond acceptors (Lipinski definition) is 0. The molecule has 0 aliphatic rings. The molecule has 0 saturated carbocycles. The van der Waals surface area contributed by atoms with Crippen LogP contribution in [0.25, 0.3) is 16.0 Å². The van der Waals surface area contributed by atoms with E-state index in [-0.39, 0.29) is 59.4 Å². The van der Waals surface area contributed by atoms with Gasteiger partial charge in [-0.2, -0.15) is 12.1 Å². The van der Waals surface area contributed by atoms with E-state index in [9.17, 15) is 12.3 Å². The summed E-state index contributed by atoms with van der Waals surface area (Å²) < 4.78 is 35.3. The van der Waals surface area contributed by atoms with Crippen molar-refractivity contribution in [2.45, 2.75) is 158 Å². The van der Waals surface area contributed by atoms with E-state index in [2.05, 4.69) is 141 Å². The largest absolute Gasteiger partial charge is 4.00 e. The maximum absolute atomic E-state index is 11.8. The monoisotopic (exact) mass is 623 g/mol. The fourth-order valence-corrected chi connectivity index (χ4v) is 4.15. The summed E-state index contributed by atoms with van der Waals surface area (Å²) in [6, 6.07) is 5.00. The molecule has 0 N–H and O–H groups in total. The van der Waals surface area contributed by atoms with E-state index >= 15 is 0 Å². The first-order chi connectivity index (χ1) is 15.2. The second kappa shape index (κ2) is 16.4. The van der Waals surface area contributed by atoms with Crippen LogP contribution in [0, 0.1) is 0 Å².